The zero-order valence-electron chi connectivity index (χ0n) is 12.8. The number of para-hydroxylation sites is 1. The molecule has 1 saturated carbocycles. The number of benzene rings is 1. The number of rotatable bonds is 1. The lowest BCUT2D eigenvalue weighted by Crippen LogP contribution is -2.13. The molecule has 2 heterocycles. The number of nitrogens with zero attached hydrogens (tertiary/aromatic N) is 2. The van der Waals surface area contributed by atoms with E-state index in [0.717, 1.165) is 21.9 Å². The van der Waals surface area contributed by atoms with Crippen LogP contribution in [-0.2, 0) is 0 Å². The molecule has 0 aliphatic heterocycles. The third-order valence-electron chi connectivity index (χ3n) is 4.04. The predicted molar refractivity (Wildman–Crippen MR) is 88.5 cm³/mol. The van der Waals surface area contributed by atoms with Crippen molar-refractivity contribution in [3.8, 4) is 0 Å². The zero-order chi connectivity index (χ0) is 15.5. The SMILES string of the molecule is CC(O)c1nc2c(cnc3ccccc32)[nH]1.NC1CCCC1. The molecular formula is C17H22N4O. The van der Waals surface area contributed by atoms with Crippen LogP contribution in [0.2, 0.25) is 0 Å². The molecule has 1 fully saturated rings. The van der Waals surface area contributed by atoms with Gasteiger partial charge in [-0.05, 0) is 25.8 Å². The lowest BCUT2D eigenvalue weighted by Gasteiger charge is -1.95. The highest BCUT2D eigenvalue weighted by atomic mass is 16.3. The van der Waals surface area contributed by atoms with Gasteiger partial charge in [0.25, 0.3) is 0 Å². The summed E-state index contributed by atoms with van der Waals surface area (Å²) < 4.78 is 0. The van der Waals surface area contributed by atoms with Crippen molar-refractivity contribution in [2.45, 2.75) is 44.8 Å². The van der Waals surface area contributed by atoms with Crippen molar-refractivity contribution in [1.29, 1.82) is 0 Å². The minimum absolute atomic E-state index is 0.546. The van der Waals surface area contributed by atoms with Crippen LogP contribution in [0.15, 0.2) is 30.5 Å². The van der Waals surface area contributed by atoms with Crippen LogP contribution in [-0.4, -0.2) is 26.1 Å². The van der Waals surface area contributed by atoms with Gasteiger partial charge in [0.05, 0.1) is 22.7 Å². The number of aromatic amines is 1. The van der Waals surface area contributed by atoms with Gasteiger partial charge in [0.15, 0.2) is 0 Å². The molecule has 0 saturated heterocycles. The van der Waals surface area contributed by atoms with Gasteiger partial charge in [-0.1, -0.05) is 31.0 Å². The molecule has 1 atom stereocenters. The topological polar surface area (TPSA) is 87.8 Å². The van der Waals surface area contributed by atoms with Gasteiger partial charge in [-0.25, -0.2) is 4.98 Å². The second-order valence-corrected chi connectivity index (χ2v) is 5.88. The molecular weight excluding hydrogens is 276 g/mol. The van der Waals surface area contributed by atoms with E-state index in [1.54, 1.807) is 13.1 Å². The Morgan fingerprint density at radius 2 is 2.00 bits per heavy atom. The molecule has 0 spiro atoms. The number of hydrogen-bond acceptors (Lipinski definition) is 4. The molecule has 3 aromatic rings. The Morgan fingerprint density at radius 3 is 2.64 bits per heavy atom. The van der Waals surface area contributed by atoms with Crippen molar-refractivity contribution in [2.75, 3.05) is 0 Å². The highest BCUT2D eigenvalue weighted by Gasteiger charge is 2.10. The normalized spacial score (nSPS) is 16.7. The molecule has 1 aromatic carbocycles. The number of aliphatic hydroxyl groups is 1. The lowest BCUT2D eigenvalue weighted by atomic mass is 10.2. The molecule has 4 N–H and O–H groups in total. The second kappa shape index (κ2) is 6.42. The van der Waals surface area contributed by atoms with E-state index < -0.39 is 6.10 Å². The first kappa shape index (κ1) is 14.9. The summed E-state index contributed by atoms with van der Waals surface area (Å²) in [6.45, 7) is 1.69. The molecule has 0 amide bonds. The van der Waals surface area contributed by atoms with E-state index >= 15 is 0 Å². The molecule has 1 aliphatic rings. The number of aromatic nitrogens is 3. The van der Waals surface area contributed by atoms with Gasteiger partial charge in [0.2, 0.25) is 0 Å². The number of imidazole rings is 1. The standard InChI is InChI=1S/C12H11N3O.C5H11N/c1-7(16)12-14-10-6-13-9-5-3-2-4-8(9)11(10)15-12;6-5-3-1-2-4-5/h2-7,16H,1H3,(H,14,15);5H,1-4,6H2. The first-order chi connectivity index (χ1) is 10.6. The predicted octanol–water partition coefficient (Wildman–Crippen LogP) is 3.05. The summed E-state index contributed by atoms with van der Waals surface area (Å²) in [6.07, 6.45) is 6.41. The summed E-state index contributed by atoms with van der Waals surface area (Å²) in [4.78, 5) is 11.8. The van der Waals surface area contributed by atoms with E-state index in [0.29, 0.717) is 11.9 Å². The number of aliphatic hydroxyl groups excluding tert-OH is 1. The molecule has 2 aromatic heterocycles. The first-order valence-electron chi connectivity index (χ1n) is 7.82. The molecule has 4 rings (SSSR count). The van der Waals surface area contributed by atoms with Gasteiger partial charge >= 0.3 is 0 Å². The molecule has 1 aliphatic carbocycles. The summed E-state index contributed by atoms with van der Waals surface area (Å²) in [5.74, 6) is 0.577. The smallest absolute Gasteiger partial charge is 0.136 e. The van der Waals surface area contributed by atoms with Crippen molar-refractivity contribution >= 4 is 21.9 Å². The fraction of sp³-hybridized carbons (Fsp3) is 0.412. The van der Waals surface area contributed by atoms with E-state index in [1.165, 1.54) is 25.7 Å². The highest BCUT2D eigenvalue weighted by molar-refractivity contribution is 6.01. The van der Waals surface area contributed by atoms with Crippen LogP contribution >= 0.6 is 0 Å². The quantitative estimate of drug-likeness (QED) is 0.644. The van der Waals surface area contributed by atoms with Gasteiger partial charge in [0, 0.05) is 11.4 Å². The Balaban J connectivity index is 0.000000202. The number of fused-ring (bicyclic) bond motifs is 3. The van der Waals surface area contributed by atoms with Crippen molar-refractivity contribution in [1.82, 2.24) is 15.0 Å². The monoisotopic (exact) mass is 298 g/mol. The summed E-state index contributed by atoms with van der Waals surface area (Å²) >= 11 is 0. The Kier molecular flexibility index (Phi) is 4.36. The van der Waals surface area contributed by atoms with Crippen LogP contribution in [0.5, 0.6) is 0 Å². The number of nitrogens with two attached hydrogens (primary N) is 1. The lowest BCUT2D eigenvalue weighted by molar-refractivity contribution is 0.190. The minimum Gasteiger partial charge on any atom is -0.385 e. The van der Waals surface area contributed by atoms with Crippen molar-refractivity contribution in [2.24, 2.45) is 5.73 Å². The Bertz CT molecular complexity index is 760. The molecule has 0 radical (unpaired) electrons. The van der Waals surface area contributed by atoms with Gasteiger partial charge in [0.1, 0.15) is 11.9 Å². The fourth-order valence-electron chi connectivity index (χ4n) is 2.78. The van der Waals surface area contributed by atoms with Gasteiger partial charge in [-0.15, -0.1) is 0 Å². The number of nitrogens with one attached hydrogen (secondary N) is 1. The Morgan fingerprint density at radius 1 is 1.27 bits per heavy atom. The van der Waals surface area contributed by atoms with Crippen LogP contribution in [0.1, 0.15) is 44.5 Å². The molecule has 5 nitrogen and oxygen atoms in total. The minimum atomic E-state index is -0.592. The Hall–Kier alpha value is -1.98. The third kappa shape index (κ3) is 3.10. The second-order valence-electron chi connectivity index (χ2n) is 5.88. The summed E-state index contributed by atoms with van der Waals surface area (Å²) in [6, 6.07) is 8.39. The number of pyridine rings is 1. The highest BCUT2D eigenvalue weighted by Crippen LogP contribution is 2.22. The van der Waals surface area contributed by atoms with Crippen LogP contribution in [0.25, 0.3) is 21.9 Å². The first-order valence-corrected chi connectivity index (χ1v) is 7.82. The van der Waals surface area contributed by atoms with E-state index in [1.807, 2.05) is 24.3 Å². The Labute approximate surface area is 129 Å². The maximum Gasteiger partial charge on any atom is 0.136 e. The number of H-pyrrole nitrogens is 1. The molecule has 1 unspecified atom stereocenters. The maximum atomic E-state index is 9.48. The van der Waals surface area contributed by atoms with Crippen LogP contribution in [0.4, 0.5) is 0 Å². The van der Waals surface area contributed by atoms with Crippen LogP contribution in [0.3, 0.4) is 0 Å². The van der Waals surface area contributed by atoms with E-state index in [2.05, 4.69) is 15.0 Å². The zero-order valence-corrected chi connectivity index (χ0v) is 12.8. The van der Waals surface area contributed by atoms with Gasteiger partial charge < -0.3 is 15.8 Å². The average molecular weight is 298 g/mol. The summed E-state index contributed by atoms with van der Waals surface area (Å²) in [5, 5.41) is 10.5. The molecule has 5 heteroatoms. The van der Waals surface area contributed by atoms with Crippen molar-refractivity contribution in [3.05, 3.63) is 36.3 Å². The largest absolute Gasteiger partial charge is 0.385 e. The summed E-state index contributed by atoms with van der Waals surface area (Å²) in [7, 11) is 0. The van der Waals surface area contributed by atoms with E-state index in [9.17, 15) is 5.11 Å². The van der Waals surface area contributed by atoms with Crippen molar-refractivity contribution in [3.63, 3.8) is 0 Å². The van der Waals surface area contributed by atoms with Crippen LogP contribution in [0, 0.1) is 0 Å². The summed E-state index contributed by atoms with van der Waals surface area (Å²) in [5.41, 5.74) is 8.17. The molecule has 0 bridgehead atoms. The molecule has 116 valence electrons. The number of hydrogen-bond donors (Lipinski definition) is 3. The molecule has 22 heavy (non-hydrogen) atoms. The van der Waals surface area contributed by atoms with Crippen LogP contribution < -0.4 is 5.73 Å². The van der Waals surface area contributed by atoms with Gasteiger partial charge in [-0.3, -0.25) is 4.98 Å². The average Bonchev–Trinajstić information content (AvgIpc) is 3.16. The van der Waals surface area contributed by atoms with E-state index in [4.69, 9.17) is 5.73 Å². The van der Waals surface area contributed by atoms with Crippen molar-refractivity contribution < 1.29 is 5.11 Å². The maximum absolute atomic E-state index is 9.48. The third-order valence-corrected chi connectivity index (χ3v) is 4.04. The van der Waals surface area contributed by atoms with Gasteiger partial charge in [-0.2, -0.15) is 0 Å². The van der Waals surface area contributed by atoms with E-state index in [-0.39, 0.29) is 0 Å². The fourth-order valence-corrected chi connectivity index (χ4v) is 2.78.